The lowest BCUT2D eigenvalue weighted by atomic mass is 9.69. The Hall–Kier alpha value is -2.36. The van der Waals surface area contributed by atoms with E-state index in [9.17, 15) is 9.90 Å². The smallest absolute Gasteiger partial charge is 0.338 e. The molecule has 3 nitrogen and oxygen atoms in total. The molecule has 152 valence electrons. The van der Waals surface area contributed by atoms with Gasteiger partial charge in [0.1, 0.15) is 11.6 Å². The number of benzene rings is 1. The van der Waals surface area contributed by atoms with E-state index < -0.39 is 11.8 Å². The van der Waals surface area contributed by atoms with Gasteiger partial charge in [-0.05, 0) is 87.3 Å². The first-order valence-corrected chi connectivity index (χ1v) is 9.76. The van der Waals surface area contributed by atoms with Crippen molar-refractivity contribution in [2.24, 2.45) is 5.41 Å². The van der Waals surface area contributed by atoms with E-state index in [1.807, 2.05) is 0 Å². The van der Waals surface area contributed by atoms with Gasteiger partial charge in [0.2, 0.25) is 0 Å². The number of phenolic OH excluding ortho intramolecular Hbond substituents is 1. The SMILES string of the molecule is C=C(C(C)=C(F)c1ccc(C(=O)OC(C)C)cc1O)C1=C(C)CCCC1(C)C. The molecule has 0 fully saturated rings. The fourth-order valence-corrected chi connectivity index (χ4v) is 3.94. The zero-order valence-electron chi connectivity index (χ0n) is 17.8. The zero-order valence-corrected chi connectivity index (χ0v) is 17.8. The summed E-state index contributed by atoms with van der Waals surface area (Å²) in [5, 5.41) is 10.3. The molecule has 0 saturated heterocycles. The third-order valence-corrected chi connectivity index (χ3v) is 5.35. The van der Waals surface area contributed by atoms with Crippen LogP contribution in [0.5, 0.6) is 5.75 Å². The van der Waals surface area contributed by atoms with Gasteiger partial charge < -0.3 is 9.84 Å². The lowest BCUT2D eigenvalue weighted by Crippen LogP contribution is -2.22. The number of phenols is 1. The number of hydrogen-bond donors (Lipinski definition) is 1. The van der Waals surface area contributed by atoms with Crippen molar-refractivity contribution in [1.82, 2.24) is 0 Å². The van der Waals surface area contributed by atoms with E-state index in [0.717, 1.165) is 24.8 Å². The Morgan fingerprint density at radius 3 is 2.50 bits per heavy atom. The number of ether oxygens (including phenoxy) is 1. The van der Waals surface area contributed by atoms with Crippen molar-refractivity contribution in [3.63, 3.8) is 0 Å². The van der Waals surface area contributed by atoms with Gasteiger partial charge in [-0.15, -0.1) is 0 Å². The Labute approximate surface area is 167 Å². The number of rotatable bonds is 5. The second-order valence-corrected chi connectivity index (χ2v) is 8.50. The van der Waals surface area contributed by atoms with Gasteiger partial charge in [0, 0.05) is 0 Å². The van der Waals surface area contributed by atoms with E-state index in [0.29, 0.717) is 11.1 Å². The van der Waals surface area contributed by atoms with Crippen molar-refractivity contribution < 1.29 is 19.0 Å². The Bertz CT molecular complexity index is 857. The third-order valence-electron chi connectivity index (χ3n) is 5.35. The molecule has 1 N–H and O–H groups in total. The normalized spacial score (nSPS) is 17.4. The molecule has 0 aliphatic heterocycles. The van der Waals surface area contributed by atoms with Gasteiger partial charge >= 0.3 is 5.97 Å². The first-order valence-electron chi connectivity index (χ1n) is 9.76. The number of carbonyl (C=O) groups is 1. The maximum absolute atomic E-state index is 15.2. The van der Waals surface area contributed by atoms with Crippen LogP contribution in [0.15, 0.2) is 47.1 Å². The van der Waals surface area contributed by atoms with Crippen LogP contribution in [0, 0.1) is 5.41 Å². The van der Waals surface area contributed by atoms with E-state index in [1.54, 1.807) is 20.8 Å². The van der Waals surface area contributed by atoms with E-state index in [4.69, 9.17) is 4.74 Å². The highest BCUT2D eigenvalue weighted by atomic mass is 19.1. The summed E-state index contributed by atoms with van der Waals surface area (Å²) < 4.78 is 20.4. The monoisotopic (exact) mass is 386 g/mol. The van der Waals surface area contributed by atoms with Crippen LogP contribution < -0.4 is 0 Å². The van der Waals surface area contributed by atoms with Crippen molar-refractivity contribution in [3.05, 3.63) is 58.2 Å². The molecule has 0 spiro atoms. The molecule has 0 bridgehead atoms. The highest BCUT2D eigenvalue weighted by Gasteiger charge is 2.31. The maximum atomic E-state index is 15.2. The van der Waals surface area contributed by atoms with Crippen LogP contribution >= 0.6 is 0 Å². The summed E-state index contributed by atoms with van der Waals surface area (Å²) in [7, 11) is 0. The predicted molar refractivity (Wildman–Crippen MR) is 112 cm³/mol. The number of hydrogen-bond acceptors (Lipinski definition) is 3. The molecular weight excluding hydrogens is 355 g/mol. The van der Waals surface area contributed by atoms with Crippen LogP contribution in [0.3, 0.4) is 0 Å². The van der Waals surface area contributed by atoms with Crippen molar-refractivity contribution in [2.75, 3.05) is 0 Å². The lowest BCUT2D eigenvalue weighted by molar-refractivity contribution is 0.0377. The summed E-state index contributed by atoms with van der Waals surface area (Å²) >= 11 is 0. The van der Waals surface area contributed by atoms with Gasteiger partial charge in [0.15, 0.2) is 0 Å². The number of esters is 1. The highest BCUT2D eigenvalue weighted by Crippen LogP contribution is 2.46. The Morgan fingerprint density at radius 2 is 1.96 bits per heavy atom. The third kappa shape index (κ3) is 4.54. The Kier molecular flexibility index (Phi) is 6.53. The Balaban J connectivity index is 2.40. The molecule has 1 aliphatic carbocycles. The van der Waals surface area contributed by atoms with Gasteiger partial charge in [-0.1, -0.05) is 26.0 Å². The molecule has 0 heterocycles. The summed E-state index contributed by atoms with van der Waals surface area (Å²) in [6.07, 6.45) is 2.87. The zero-order chi connectivity index (χ0) is 21.2. The number of aromatic hydroxyl groups is 1. The standard InChI is InChI=1S/C24H31FO3/c1-14(2)28-23(27)18-10-11-19(20(26)13-18)22(25)17(5)16(4)21-15(3)9-8-12-24(21,6)7/h10-11,13-14,26H,4,8-9,12H2,1-3,5-7H3. The van der Waals surface area contributed by atoms with Crippen molar-refractivity contribution in [2.45, 2.75) is 66.9 Å². The fraction of sp³-hybridized carbons (Fsp3) is 0.458. The fourth-order valence-electron chi connectivity index (χ4n) is 3.94. The summed E-state index contributed by atoms with van der Waals surface area (Å²) in [5.74, 6) is -1.38. The second-order valence-electron chi connectivity index (χ2n) is 8.50. The minimum Gasteiger partial charge on any atom is -0.507 e. The van der Waals surface area contributed by atoms with Gasteiger partial charge in [-0.2, -0.15) is 0 Å². The largest absolute Gasteiger partial charge is 0.507 e. The van der Waals surface area contributed by atoms with Gasteiger partial charge in [-0.25, -0.2) is 9.18 Å². The maximum Gasteiger partial charge on any atom is 0.338 e. The molecule has 4 heteroatoms. The lowest BCUT2D eigenvalue weighted by Gasteiger charge is -2.36. The summed E-state index contributed by atoms with van der Waals surface area (Å²) in [4.78, 5) is 12.0. The summed E-state index contributed by atoms with van der Waals surface area (Å²) in [6, 6.07) is 4.11. The Morgan fingerprint density at radius 1 is 1.32 bits per heavy atom. The minimum atomic E-state index is -0.549. The van der Waals surface area contributed by atoms with Crippen molar-refractivity contribution in [1.29, 1.82) is 0 Å². The molecule has 2 rings (SSSR count). The van der Waals surface area contributed by atoms with E-state index >= 15 is 4.39 Å². The van der Waals surface area contributed by atoms with Crippen LogP contribution in [0.2, 0.25) is 0 Å². The highest BCUT2D eigenvalue weighted by molar-refractivity contribution is 5.91. The molecule has 28 heavy (non-hydrogen) atoms. The van der Waals surface area contributed by atoms with Gasteiger partial charge in [0.05, 0.1) is 17.2 Å². The number of allylic oxidation sites excluding steroid dienone is 4. The molecule has 0 amide bonds. The van der Waals surface area contributed by atoms with E-state index in [1.165, 1.54) is 23.8 Å². The molecule has 0 aromatic heterocycles. The van der Waals surface area contributed by atoms with Gasteiger partial charge in [-0.3, -0.25) is 0 Å². The minimum absolute atomic E-state index is 0.0478. The number of halogens is 1. The second kappa shape index (κ2) is 8.34. The average molecular weight is 387 g/mol. The topological polar surface area (TPSA) is 46.5 Å². The quantitative estimate of drug-likeness (QED) is 0.450. The average Bonchev–Trinajstić information content (AvgIpc) is 2.58. The molecule has 0 saturated carbocycles. The first-order chi connectivity index (χ1) is 13.0. The van der Waals surface area contributed by atoms with Gasteiger partial charge in [0.25, 0.3) is 0 Å². The molecule has 0 unspecified atom stereocenters. The van der Waals surface area contributed by atoms with Crippen LogP contribution in [0.25, 0.3) is 5.83 Å². The first kappa shape index (κ1) is 21.9. The molecular formula is C24H31FO3. The molecule has 1 aromatic carbocycles. The molecule has 1 aromatic rings. The molecule has 1 aliphatic rings. The van der Waals surface area contributed by atoms with Crippen LogP contribution in [0.4, 0.5) is 4.39 Å². The van der Waals surface area contributed by atoms with Crippen molar-refractivity contribution in [3.8, 4) is 5.75 Å². The summed E-state index contributed by atoms with van der Waals surface area (Å²) in [6.45, 7) is 15.7. The van der Waals surface area contributed by atoms with Crippen LogP contribution in [-0.2, 0) is 4.74 Å². The summed E-state index contributed by atoms with van der Waals surface area (Å²) in [5.41, 5.74) is 3.58. The molecule has 0 atom stereocenters. The van der Waals surface area contributed by atoms with Crippen LogP contribution in [-0.4, -0.2) is 17.2 Å². The van der Waals surface area contributed by atoms with Crippen LogP contribution in [0.1, 0.15) is 76.7 Å². The van der Waals surface area contributed by atoms with E-state index in [2.05, 4.69) is 27.4 Å². The predicted octanol–water partition coefficient (Wildman–Crippen LogP) is 6.74. The number of carbonyl (C=O) groups excluding carboxylic acids is 1. The molecule has 0 radical (unpaired) electrons. The van der Waals surface area contributed by atoms with Crippen molar-refractivity contribution >= 4 is 11.8 Å². The van der Waals surface area contributed by atoms with E-state index in [-0.39, 0.29) is 28.4 Å².